The van der Waals surface area contributed by atoms with E-state index in [0.29, 0.717) is 12.1 Å². The fraction of sp³-hybridized carbons (Fsp3) is 0.474. The molecule has 2 aromatic heterocycles. The maximum atomic E-state index is 12.5. The Bertz CT molecular complexity index is 918. The first-order valence-corrected chi connectivity index (χ1v) is 9.84. The Morgan fingerprint density at radius 1 is 1.21 bits per heavy atom. The molecule has 0 aromatic carbocycles. The summed E-state index contributed by atoms with van der Waals surface area (Å²) < 4.78 is 11.4. The maximum absolute atomic E-state index is 12.5. The molecule has 0 bridgehead atoms. The molecule has 0 atom stereocenters. The molecule has 0 saturated heterocycles. The van der Waals surface area contributed by atoms with E-state index in [0.717, 1.165) is 29.1 Å². The summed E-state index contributed by atoms with van der Waals surface area (Å²) in [5.41, 5.74) is 2.68. The molecule has 158 valence electrons. The highest BCUT2D eigenvalue weighted by atomic mass is 32.1. The monoisotopic (exact) mass is 422 g/mol. The molecule has 9 nitrogen and oxygen atoms in total. The summed E-state index contributed by atoms with van der Waals surface area (Å²) in [6.07, 6.45) is 1.80. The topological polar surface area (TPSA) is 103 Å². The second-order valence-corrected chi connectivity index (χ2v) is 7.56. The van der Waals surface area contributed by atoms with Crippen molar-refractivity contribution in [2.75, 3.05) is 33.1 Å². The standard InChI is InChI=1S/C19H26N4O5S/c1-7-23-12(3)13(8-20-23)9-22(4)10-14(24)21-17-15(18(25)27-5)11(2)16(29-17)19(26)28-6/h8H,7,9-10H2,1-6H3,(H,21,24). The lowest BCUT2D eigenvalue weighted by Gasteiger charge is -2.16. The van der Waals surface area contributed by atoms with E-state index >= 15 is 0 Å². The first kappa shape index (κ1) is 22.6. The molecule has 0 saturated carbocycles. The number of amides is 1. The number of ether oxygens (including phenoxy) is 2. The molecule has 0 aliphatic rings. The minimum atomic E-state index is -0.625. The van der Waals surface area contributed by atoms with Crippen LogP contribution in [0.25, 0.3) is 0 Å². The molecular formula is C19H26N4O5S. The predicted molar refractivity (Wildman–Crippen MR) is 109 cm³/mol. The third kappa shape index (κ3) is 5.01. The van der Waals surface area contributed by atoms with Crippen molar-refractivity contribution in [3.63, 3.8) is 0 Å². The fourth-order valence-electron chi connectivity index (χ4n) is 2.95. The van der Waals surface area contributed by atoms with Gasteiger partial charge >= 0.3 is 11.9 Å². The summed E-state index contributed by atoms with van der Waals surface area (Å²) >= 11 is 0.991. The number of likely N-dealkylation sites (N-methyl/N-ethyl adjacent to an activating group) is 1. The predicted octanol–water partition coefficient (Wildman–Crippen LogP) is 2.23. The van der Waals surface area contributed by atoms with E-state index in [2.05, 4.69) is 10.4 Å². The van der Waals surface area contributed by atoms with Gasteiger partial charge in [-0.3, -0.25) is 14.4 Å². The number of rotatable bonds is 8. The molecule has 29 heavy (non-hydrogen) atoms. The van der Waals surface area contributed by atoms with Crippen LogP contribution in [0.3, 0.4) is 0 Å². The first-order chi connectivity index (χ1) is 13.7. The Morgan fingerprint density at radius 2 is 1.86 bits per heavy atom. The van der Waals surface area contributed by atoms with Gasteiger partial charge < -0.3 is 14.8 Å². The Labute approximate surface area is 173 Å². The lowest BCUT2D eigenvalue weighted by atomic mass is 10.1. The Balaban J connectivity index is 2.13. The maximum Gasteiger partial charge on any atom is 0.348 e. The van der Waals surface area contributed by atoms with Gasteiger partial charge in [0.05, 0.1) is 32.5 Å². The minimum absolute atomic E-state index is 0.0991. The van der Waals surface area contributed by atoms with E-state index in [4.69, 9.17) is 9.47 Å². The highest BCUT2D eigenvalue weighted by Gasteiger charge is 2.27. The number of anilines is 1. The van der Waals surface area contributed by atoms with Gasteiger partial charge in [0.1, 0.15) is 9.88 Å². The highest BCUT2D eigenvalue weighted by molar-refractivity contribution is 7.18. The second kappa shape index (κ2) is 9.66. The molecule has 0 aliphatic carbocycles. The van der Waals surface area contributed by atoms with E-state index in [-0.39, 0.29) is 27.9 Å². The van der Waals surface area contributed by atoms with Crippen LogP contribution in [-0.2, 0) is 27.4 Å². The summed E-state index contributed by atoms with van der Waals surface area (Å²) in [5, 5.41) is 7.30. The highest BCUT2D eigenvalue weighted by Crippen LogP contribution is 2.34. The number of carbonyl (C=O) groups excluding carboxylic acids is 3. The van der Waals surface area contributed by atoms with Gasteiger partial charge in [0.15, 0.2) is 0 Å². The molecule has 0 fully saturated rings. The molecule has 10 heteroatoms. The molecule has 2 heterocycles. The Hall–Kier alpha value is -2.72. The van der Waals surface area contributed by atoms with E-state index in [1.165, 1.54) is 14.2 Å². The van der Waals surface area contributed by atoms with Crippen molar-refractivity contribution in [2.24, 2.45) is 0 Å². The Kier molecular flexibility index (Phi) is 7.52. The van der Waals surface area contributed by atoms with Crippen molar-refractivity contribution in [1.82, 2.24) is 14.7 Å². The lowest BCUT2D eigenvalue weighted by Crippen LogP contribution is -2.30. The van der Waals surface area contributed by atoms with Crippen molar-refractivity contribution < 1.29 is 23.9 Å². The van der Waals surface area contributed by atoms with Crippen molar-refractivity contribution >= 4 is 34.2 Å². The zero-order valence-electron chi connectivity index (χ0n) is 17.5. The summed E-state index contributed by atoms with van der Waals surface area (Å²) in [5.74, 6) is -1.50. The average Bonchev–Trinajstić information content (AvgIpc) is 3.19. The number of hydrogen-bond donors (Lipinski definition) is 1. The number of hydrogen-bond acceptors (Lipinski definition) is 8. The molecule has 2 aromatic rings. The molecule has 0 radical (unpaired) electrons. The number of aryl methyl sites for hydroxylation is 1. The van der Waals surface area contributed by atoms with Gasteiger partial charge in [-0.25, -0.2) is 9.59 Å². The second-order valence-electron chi connectivity index (χ2n) is 6.53. The minimum Gasteiger partial charge on any atom is -0.465 e. The van der Waals surface area contributed by atoms with Gasteiger partial charge in [-0.2, -0.15) is 5.10 Å². The van der Waals surface area contributed by atoms with Gasteiger partial charge in [-0.1, -0.05) is 0 Å². The van der Waals surface area contributed by atoms with Crippen molar-refractivity contribution in [3.8, 4) is 0 Å². The number of nitrogens with one attached hydrogen (secondary N) is 1. The van der Waals surface area contributed by atoms with Crippen LogP contribution in [0.2, 0.25) is 0 Å². The fourth-order valence-corrected chi connectivity index (χ4v) is 4.08. The number of methoxy groups -OCH3 is 2. The number of esters is 2. The zero-order valence-corrected chi connectivity index (χ0v) is 18.3. The smallest absolute Gasteiger partial charge is 0.348 e. The van der Waals surface area contributed by atoms with Crippen molar-refractivity contribution in [2.45, 2.75) is 33.9 Å². The summed E-state index contributed by atoms with van der Waals surface area (Å²) in [6, 6.07) is 0. The molecule has 2 rings (SSSR count). The van der Waals surface area contributed by atoms with Gasteiger partial charge in [0.2, 0.25) is 5.91 Å². The molecular weight excluding hydrogens is 396 g/mol. The van der Waals surface area contributed by atoms with Crippen LogP contribution in [0.4, 0.5) is 5.00 Å². The first-order valence-electron chi connectivity index (χ1n) is 9.03. The lowest BCUT2D eigenvalue weighted by molar-refractivity contribution is -0.117. The van der Waals surface area contributed by atoms with E-state index in [1.54, 1.807) is 13.1 Å². The molecule has 1 N–H and O–H groups in total. The normalized spacial score (nSPS) is 10.9. The van der Waals surface area contributed by atoms with Crippen LogP contribution in [0.1, 0.15) is 43.8 Å². The van der Waals surface area contributed by atoms with E-state index in [9.17, 15) is 14.4 Å². The van der Waals surface area contributed by atoms with Crippen molar-refractivity contribution in [3.05, 3.63) is 33.5 Å². The van der Waals surface area contributed by atoms with Crippen LogP contribution >= 0.6 is 11.3 Å². The van der Waals surface area contributed by atoms with Crippen molar-refractivity contribution in [1.29, 1.82) is 0 Å². The number of carbonyl (C=O) groups is 3. The SMILES string of the molecule is CCn1ncc(CN(C)CC(=O)Nc2sc(C(=O)OC)c(C)c2C(=O)OC)c1C. The molecule has 0 spiro atoms. The Morgan fingerprint density at radius 3 is 2.41 bits per heavy atom. The summed E-state index contributed by atoms with van der Waals surface area (Å²) in [4.78, 5) is 38.7. The van der Waals surface area contributed by atoms with Gasteiger partial charge in [0, 0.05) is 24.3 Å². The zero-order chi connectivity index (χ0) is 21.7. The van der Waals surface area contributed by atoms with Crippen LogP contribution in [0.5, 0.6) is 0 Å². The van der Waals surface area contributed by atoms with Crippen LogP contribution < -0.4 is 5.32 Å². The molecule has 1 amide bonds. The molecule has 0 aliphatic heterocycles. The van der Waals surface area contributed by atoms with E-state index < -0.39 is 11.9 Å². The van der Waals surface area contributed by atoms with Gasteiger partial charge in [-0.15, -0.1) is 11.3 Å². The van der Waals surface area contributed by atoms with Crippen LogP contribution in [0.15, 0.2) is 6.20 Å². The molecule has 0 unspecified atom stereocenters. The number of nitrogens with zero attached hydrogens (tertiary/aromatic N) is 3. The van der Waals surface area contributed by atoms with Crippen LogP contribution in [0, 0.1) is 13.8 Å². The number of aromatic nitrogens is 2. The largest absolute Gasteiger partial charge is 0.465 e. The van der Waals surface area contributed by atoms with E-state index in [1.807, 2.05) is 30.5 Å². The summed E-state index contributed by atoms with van der Waals surface area (Å²) in [6.45, 7) is 7.07. The van der Waals surface area contributed by atoms with Gasteiger partial charge in [0.25, 0.3) is 0 Å². The summed E-state index contributed by atoms with van der Waals surface area (Å²) in [7, 11) is 4.33. The van der Waals surface area contributed by atoms with Crippen LogP contribution in [-0.4, -0.2) is 60.3 Å². The quantitative estimate of drug-likeness (QED) is 0.651. The third-order valence-corrected chi connectivity index (χ3v) is 5.71. The average molecular weight is 423 g/mol. The van der Waals surface area contributed by atoms with Gasteiger partial charge in [-0.05, 0) is 33.4 Å². The third-order valence-electron chi connectivity index (χ3n) is 4.52. The number of thiophene rings is 1.